The number of hydrogen-bond donors (Lipinski definition) is 1. The summed E-state index contributed by atoms with van der Waals surface area (Å²) in [4.78, 5) is 0. The first kappa shape index (κ1) is 11.5. The maximum atomic E-state index is 9.37. The first-order chi connectivity index (χ1) is 7.69. The summed E-state index contributed by atoms with van der Waals surface area (Å²) < 4.78 is 2.08. The van der Waals surface area contributed by atoms with Gasteiger partial charge in [-0.1, -0.05) is 30.7 Å². The Morgan fingerprint density at radius 1 is 1.38 bits per heavy atom. The smallest absolute Gasteiger partial charge is 0.115 e. The molecule has 0 saturated carbocycles. The molecule has 0 fully saturated rings. The predicted molar refractivity (Wildman–Crippen MR) is 67.9 cm³/mol. The highest BCUT2D eigenvalue weighted by Crippen LogP contribution is 2.31. The van der Waals surface area contributed by atoms with E-state index in [9.17, 15) is 5.11 Å². The largest absolute Gasteiger partial charge is 0.392 e. The van der Waals surface area contributed by atoms with Gasteiger partial charge in [-0.15, -0.1) is 0 Å². The summed E-state index contributed by atoms with van der Waals surface area (Å²) in [5, 5.41) is 11.1. The minimum absolute atomic E-state index is 0.00485. The van der Waals surface area contributed by atoms with Crippen LogP contribution in [0.5, 0.6) is 0 Å². The molecule has 1 N–H and O–H groups in total. The summed E-state index contributed by atoms with van der Waals surface area (Å²) in [6.45, 7) is 5.07. The van der Waals surface area contributed by atoms with Crippen molar-refractivity contribution in [3.8, 4) is 0 Å². The third kappa shape index (κ3) is 1.72. The van der Waals surface area contributed by atoms with Gasteiger partial charge in [-0.3, -0.25) is 0 Å². The van der Waals surface area contributed by atoms with Gasteiger partial charge in [0, 0.05) is 23.0 Å². The number of aliphatic hydroxyl groups excluding tert-OH is 1. The third-order valence-corrected chi connectivity index (χ3v) is 3.29. The average Bonchev–Trinajstić information content (AvgIpc) is 2.52. The second-order valence-electron chi connectivity index (χ2n) is 4.10. The SMILES string of the molecule is CCCn1c(Cl)c(CO)c2ccc(C)cc21. The van der Waals surface area contributed by atoms with Gasteiger partial charge in [-0.2, -0.15) is 0 Å². The number of aryl methyl sites for hydroxylation is 2. The highest BCUT2D eigenvalue weighted by Gasteiger charge is 2.14. The van der Waals surface area contributed by atoms with Crippen LogP contribution in [-0.2, 0) is 13.2 Å². The van der Waals surface area contributed by atoms with Gasteiger partial charge in [0.25, 0.3) is 0 Å². The van der Waals surface area contributed by atoms with Crippen LogP contribution in [0, 0.1) is 6.92 Å². The monoisotopic (exact) mass is 237 g/mol. The number of fused-ring (bicyclic) bond motifs is 1. The third-order valence-electron chi connectivity index (χ3n) is 2.86. The zero-order valence-corrected chi connectivity index (χ0v) is 10.4. The van der Waals surface area contributed by atoms with Crippen molar-refractivity contribution in [2.45, 2.75) is 33.4 Å². The van der Waals surface area contributed by atoms with E-state index >= 15 is 0 Å². The zero-order valence-electron chi connectivity index (χ0n) is 9.63. The van der Waals surface area contributed by atoms with E-state index in [1.165, 1.54) is 5.56 Å². The number of hydrogen-bond acceptors (Lipinski definition) is 1. The molecule has 0 radical (unpaired) electrons. The molecule has 0 amide bonds. The Kier molecular flexibility index (Phi) is 3.22. The zero-order chi connectivity index (χ0) is 11.7. The van der Waals surface area contributed by atoms with E-state index in [1.807, 2.05) is 12.1 Å². The van der Waals surface area contributed by atoms with Crippen LogP contribution < -0.4 is 0 Å². The van der Waals surface area contributed by atoms with Gasteiger partial charge < -0.3 is 9.67 Å². The fraction of sp³-hybridized carbons (Fsp3) is 0.385. The molecule has 2 nitrogen and oxygen atoms in total. The van der Waals surface area contributed by atoms with E-state index in [0.29, 0.717) is 5.15 Å². The average molecular weight is 238 g/mol. The van der Waals surface area contributed by atoms with E-state index in [1.54, 1.807) is 0 Å². The Morgan fingerprint density at radius 2 is 2.12 bits per heavy atom. The molecule has 0 aliphatic carbocycles. The van der Waals surface area contributed by atoms with Crippen molar-refractivity contribution in [3.63, 3.8) is 0 Å². The van der Waals surface area contributed by atoms with Gasteiger partial charge in [0.2, 0.25) is 0 Å². The van der Waals surface area contributed by atoms with Crippen LogP contribution in [0.15, 0.2) is 18.2 Å². The molecule has 3 heteroatoms. The second kappa shape index (κ2) is 4.48. The molecule has 86 valence electrons. The lowest BCUT2D eigenvalue weighted by molar-refractivity contribution is 0.283. The molecular weight excluding hydrogens is 222 g/mol. The molecular formula is C13H16ClNO. The Labute approximate surface area is 100 Å². The van der Waals surface area contributed by atoms with Gasteiger partial charge in [0.05, 0.1) is 6.61 Å². The van der Waals surface area contributed by atoms with Crippen LogP contribution in [0.1, 0.15) is 24.5 Å². The molecule has 1 aromatic carbocycles. The van der Waals surface area contributed by atoms with Gasteiger partial charge in [-0.25, -0.2) is 0 Å². The molecule has 2 aromatic rings. The molecule has 0 spiro atoms. The maximum Gasteiger partial charge on any atom is 0.115 e. The summed E-state index contributed by atoms with van der Waals surface area (Å²) in [7, 11) is 0. The molecule has 0 saturated heterocycles. The lowest BCUT2D eigenvalue weighted by atomic mass is 10.1. The van der Waals surface area contributed by atoms with E-state index in [-0.39, 0.29) is 6.61 Å². The molecule has 1 heterocycles. The normalized spacial score (nSPS) is 11.2. The summed E-state index contributed by atoms with van der Waals surface area (Å²) in [5.74, 6) is 0. The molecule has 1 aromatic heterocycles. The van der Waals surface area contributed by atoms with Crippen LogP contribution in [0.4, 0.5) is 0 Å². The highest BCUT2D eigenvalue weighted by atomic mass is 35.5. The Balaban J connectivity index is 2.75. The first-order valence-corrected chi connectivity index (χ1v) is 5.95. The Hall–Kier alpha value is -0.990. The standard InChI is InChI=1S/C13H16ClNO/c1-3-6-15-12-7-9(2)4-5-10(12)11(8-16)13(15)14/h4-5,7,16H,3,6,8H2,1-2H3. The van der Waals surface area contributed by atoms with Crippen molar-refractivity contribution in [1.82, 2.24) is 4.57 Å². The van der Waals surface area contributed by atoms with Crippen molar-refractivity contribution in [2.24, 2.45) is 0 Å². The fourth-order valence-electron chi connectivity index (χ4n) is 2.09. The van der Waals surface area contributed by atoms with E-state index in [4.69, 9.17) is 11.6 Å². The van der Waals surface area contributed by atoms with Crippen LogP contribution in [0.25, 0.3) is 10.9 Å². The number of halogens is 1. The van der Waals surface area contributed by atoms with Crippen LogP contribution in [0.3, 0.4) is 0 Å². The quantitative estimate of drug-likeness (QED) is 0.869. The summed E-state index contributed by atoms with van der Waals surface area (Å²) >= 11 is 6.29. The second-order valence-corrected chi connectivity index (χ2v) is 4.46. The number of benzene rings is 1. The van der Waals surface area contributed by atoms with E-state index in [0.717, 1.165) is 29.4 Å². The van der Waals surface area contributed by atoms with Crippen molar-refractivity contribution >= 4 is 22.5 Å². The minimum atomic E-state index is -0.00485. The van der Waals surface area contributed by atoms with Crippen molar-refractivity contribution in [1.29, 1.82) is 0 Å². The Morgan fingerprint density at radius 3 is 2.75 bits per heavy atom. The van der Waals surface area contributed by atoms with Crippen molar-refractivity contribution in [3.05, 3.63) is 34.5 Å². The number of rotatable bonds is 3. The van der Waals surface area contributed by atoms with Crippen LogP contribution in [-0.4, -0.2) is 9.67 Å². The molecule has 0 unspecified atom stereocenters. The first-order valence-electron chi connectivity index (χ1n) is 5.57. The van der Waals surface area contributed by atoms with E-state index < -0.39 is 0 Å². The summed E-state index contributed by atoms with van der Waals surface area (Å²) in [6.07, 6.45) is 1.03. The molecule has 2 rings (SSSR count). The topological polar surface area (TPSA) is 25.2 Å². The number of aromatic nitrogens is 1. The fourth-order valence-corrected chi connectivity index (χ4v) is 2.43. The van der Waals surface area contributed by atoms with Gasteiger partial charge >= 0.3 is 0 Å². The lowest BCUT2D eigenvalue weighted by Gasteiger charge is -2.05. The van der Waals surface area contributed by atoms with Gasteiger partial charge in [0.1, 0.15) is 5.15 Å². The molecule has 16 heavy (non-hydrogen) atoms. The molecule has 0 atom stereocenters. The number of aliphatic hydroxyl groups is 1. The molecule has 0 aliphatic heterocycles. The summed E-state index contributed by atoms with van der Waals surface area (Å²) in [6, 6.07) is 6.21. The minimum Gasteiger partial charge on any atom is -0.392 e. The van der Waals surface area contributed by atoms with Crippen molar-refractivity contribution < 1.29 is 5.11 Å². The summed E-state index contributed by atoms with van der Waals surface area (Å²) in [5.41, 5.74) is 3.17. The lowest BCUT2D eigenvalue weighted by Crippen LogP contribution is -1.96. The van der Waals surface area contributed by atoms with Crippen molar-refractivity contribution in [2.75, 3.05) is 0 Å². The van der Waals surface area contributed by atoms with Gasteiger partial charge in [-0.05, 0) is 25.0 Å². The van der Waals surface area contributed by atoms with Gasteiger partial charge in [0.15, 0.2) is 0 Å². The predicted octanol–water partition coefficient (Wildman–Crippen LogP) is 3.51. The highest BCUT2D eigenvalue weighted by molar-refractivity contribution is 6.32. The Bertz CT molecular complexity index is 516. The van der Waals surface area contributed by atoms with E-state index in [2.05, 4.69) is 24.5 Å². The molecule has 0 aliphatic rings. The number of nitrogens with zero attached hydrogens (tertiary/aromatic N) is 1. The maximum absolute atomic E-state index is 9.37. The van der Waals surface area contributed by atoms with Crippen LogP contribution >= 0.6 is 11.6 Å². The molecule has 0 bridgehead atoms. The van der Waals surface area contributed by atoms with Crippen LogP contribution in [0.2, 0.25) is 5.15 Å².